The first-order valence-electron chi connectivity index (χ1n) is 8.70. The number of hydrogen-bond acceptors (Lipinski definition) is 4. The first-order chi connectivity index (χ1) is 12.1. The topological polar surface area (TPSA) is 62.7 Å². The standard InChI is InChI=1S/C20H24N2O3/c1-15-4-6-16(7-5-15)14-25-19-10-18(11-21-12-19)22-8-2-3-17(13-22)9-20(23)24/h4-7,10-12,17H,2-3,8-9,13-14H2,1H3,(H,23,24). The lowest BCUT2D eigenvalue weighted by Crippen LogP contribution is -2.36. The molecular weight excluding hydrogens is 316 g/mol. The molecule has 0 bridgehead atoms. The van der Waals surface area contributed by atoms with Crippen LogP contribution in [0.25, 0.3) is 0 Å². The number of rotatable bonds is 6. The van der Waals surface area contributed by atoms with Crippen LogP contribution < -0.4 is 9.64 Å². The summed E-state index contributed by atoms with van der Waals surface area (Å²) in [7, 11) is 0. The second-order valence-electron chi connectivity index (χ2n) is 6.71. The molecule has 1 aromatic carbocycles. The zero-order valence-corrected chi connectivity index (χ0v) is 14.5. The highest BCUT2D eigenvalue weighted by Crippen LogP contribution is 2.27. The second-order valence-corrected chi connectivity index (χ2v) is 6.71. The Bertz CT molecular complexity index is 715. The smallest absolute Gasteiger partial charge is 0.303 e. The van der Waals surface area contributed by atoms with Gasteiger partial charge in [0.1, 0.15) is 12.4 Å². The maximum Gasteiger partial charge on any atom is 0.303 e. The summed E-state index contributed by atoms with van der Waals surface area (Å²) >= 11 is 0. The molecule has 1 aliphatic heterocycles. The van der Waals surface area contributed by atoms with Gasteiger partial charge in [-0.15, -0.1) is 0 Å². The Labute approximate surface area is 148 Å². The Balaban J connectivity index is 1.62. The molecule has 1 aromatic heterocycles. The predicted molar refractivity (Wildman–Crippen MR) is 96.9 cm³/mol. The molecule has 0 amide bonds. The number of ether oxygens (including phenoxy) is 1. The Morgan fingerprint density at radius 2 is 2.12 bits per heavy atom. The molecular formula is C20H24N2O3. The summed E-state index contributed by atoms with van der Waals surface area (Å²) < 4.78 is 5.87. The maximum atomic E-state index is 11.0. The lowest BCUT2D eigenvalue weighted by atomic mass is 9.94. The van der Waals surface area contributed by atoms with Crippen LogP contribution in [0.5, 0.6) is 5.75 Å². The molecule has 3 rings (SSSR count). The molecule has 5 nitrogen and oxygen atoms in total. The lowest BCUT2D eigenvalue weighted by molar-refractivity contribution is -0.138. The highest BCUT2D eigenvalue weighted by molar-refractivity contribution is 5.67. The summed E-state index contributed by atoms with van der Waals surface area (Å²) in [5.41, 5.74) is 3.35. The van der Waals surface area contributed by atoms with E-state index in [1.807, 2.05) is 12.3 Å². The number of carboxylic acids is 1. The first-order valence-corrected chi connectivity index (χ1v) is 8.70. The lowest BCUT2D eigenvalue weighted by Gasteiger charge is -2.33. The van der Waals surface area contributed by atoms with Gasteiger partial charge in [0.25, 0.3) is 0 Å². The number of benzene rings is 1. The van der Waals surface area contributed by atoms with E-state index in [0.29, 0.717) is 6.61 Å². The summed E-state index contributed by atoms with van der Waals surface area (Å²) in [6.45, 7) is 4.26. The molecule has 25 heavy (non-hydrogen) atoms. The molecule has 132 valence electrons. The molecule has 1 atom stereocenters. The van der Waals surface area contributed by atoms with Gasteiger partial charge in [0.05, 0.1) is 18.1 Å². The van der Waals surface area contributed by atoms with E-state index in [4.69, 9.17) is 9.84 Å². The monoisotopic (exact) mass is 340 g/mol. The molecule has 2 heterocycles. The van der Waals surface area contributed by atoms with E-state index < -0.39 is 5.97 Å². The van der Waals surface area contributed by atoms with E-state index in [1.165, 1.54) is 5.56 Å². The predicted octanol–water partition coefficient (Wildman–Crippen LogP) is 3.66. The van der Waals surface area contributed by atoms with Crippen LogP contribution in [0.3, 0.4) is 0 Å². The molecule has 1 unspecified atom stereocenters. The molecule has 1 aliphatic rings. The summed E-state index contributed by atoms with van der Waals surface area (Å²) in [5.74, 6) is 0.210. The molecule has 1 N–H and O–H groups in total. The van der Waals surface area contributed by atoms with Gasteiger partial charge in [-0.1, -0.05) is 29.8 Å². The van der Waals surface area contributed by atoms with Crippen molar-refractivity contribution in [2.45, 2.75) is 32.8 Å². The molecule has 0 saturated carbocycles. The summed E-state index contributed by atoms with van der Waals surface area (Å²) in [6, 6.07) is 10.3. The van der Waals surface area contributed by atoms with Crippen LogP contribution in [0.4, 0.5) is 5.69 Å². The number of aliphatic carboxylic acids is 1. The van der Waals surface area contributed by atoms with Crippen LogP contribution in [-0.2, 0) is 11.4 Å². The van der Waals surface area contributed by atoms with Gasteiger partial charge in [-0.2, -0.15) is 0 Å². The van der Waals surface area contributed by atoms with Gasteiger partial charge in [0, 0.05) is 25.6 Å². The summed E-state index contributed by atoms with van der Waals surface area (Å²) in [4.78, 5) is 17.5. The Kier molecular flexibility index (Phi) is 5.53. The number of carboxylic acid groups (broad SMARTS) is 1. The van der Waals surface area contributed by atoms with Gasteiger partial charge in [0.2, 0.25) is 0 Å². The van der Waals surface area contributed by atoms with E-state index >= 15 is 0 Å². The molecule has 1 fully saturated rings. The molecule has 2 aromatic rings. The van der Waals surface area contributed by atoms with Crippen molar-refractivity contribution >= 4 is 11.7 Å². The second kappa shape index (κ2) is 8.01. The maximum absolute atomic E-state index is 11.0. The van der Waals surface area contributed by atoms with Crippen LogP contribution >= 0.6 is 0 Å². The van der Waals surface area contributed by atoms with Crippen molar-refractivity contribution in [1.82, 2.24) is 4.98 Å². The van der Waals surface area contributed by atoms with Crippen molar-refractivity contribution in [3.8, 4) is 5.75 Å². The van der Waals surface area contributed by atoms with Crippen LogP contribution in [-0.4, -0.2) is 29.1 Å². The number of pyridine rings is 1. The van der Waals surface area contributed by atoms with Crippen molar-refractivity contribution < 1.29 is 14.6 Å². The zero-order chi connectivity index (χ0) is 17.6. The third kappa shape index (κ3) is 4.95. The molecule has 0 spiro atoms. The number of aryl methyl sites for hydroxylation is 1. The highest BCUT2D eigenvalue weighted by Gasteiger charge is 2.22. The Morgan fingerprint density at radius 3 is 2.88 bits per heavy atom. The van der Waals surface area contributed by atoms with E-state index in [0.717, 1.165) is 42.9 Å². The number of hydrogen-bond donors (Lipinski definition) is 1. The third-order valence-corrected chi connectivity index (χ3v) is 4.57. The third-order valence-electron chi connectivity index (χ3n) is 4.57. The molecule has 1 saturated heterocycles. The first kappa shape index (κ1) is 17.3. The van der Waals surface area contributed by atoms with Gasteiger partial charge in [-0.3, -0.25) is 9.78 Å². The van der Waals surface area contributed by atoms with Gasteiger partial charge >= 0.3 is 5.97 Å². The van der Waals surface area contributed by atoms with Crippen molar-refractivity contribution in [2.24, 2.45) is 5.92 Å². The normalized spacial score (nSPS) is 17.3. The molecule has 5 heteroatoms. The van der Waals surface area contributed by atoms with Crippen LogP contribution in [0, 0.1) is 12.8 Å². The number of nitrogens with zero attached hydrogens (tertiary/aromatic N) is 2. The van der Waals surface area contributed by atoms with Crippen molar-refractivity contribution in [2.75, 3.05) is 18.0 Å². The van der Waals surface area contributed by atoms with Crippen LogP contribution in [0.15, 0.2) is 42.7 Å². The average molecular weight is 340 g/mol. The average Bonchev–Trinajstić information content (AvgIpc) is 2.61. The highest BCUT2D eigenvalue weighted by atomic mass is 16.5. The van der Waals surface area contributed by atoms with E-state index in [-0.39, 0.29) is 12.3 Å². The van der Waals surface area contributed by atoms with Crippen molar-refractivity contribution in [1.29, 1.82) is 0 Å². The minimum atomic E-state index is -0.722. The molecule has 0 radical (unpaired) electrons. The fourth-order valence-electron chi connectivity index (χ4n) is 3.22. The minimum Gasteiger partial charge on any atom is -0.487 e. The van der Waals surface area contributed by atoms with E-state index in [2.05, 4.69) is 41.1 Å². The fraction of sp³-hybridized carbons (Fsp3) is 0.400. The van der Waals surface area contributed by atoms with Crippen LogP contribution in [0.1, 0.15) is 30.4 Å². The number of aromatic nitrogens is 1. The summed E-state index contributed by atoms with van der Waals surface area (Å²) in [5, 5.41) is 9.01. The Hall–Kier alpha value is -2.56. The van der Waals surface area contributed by atoms with Gasteiger partial charge in [-0.05, 0) is 31.2 Å². The number of piperidine rings is 1. The SMILES string of the molecule is Cc1ccc(COc2cncc(N3CCCC(CC(=O)O)C3)c2)cc1. The van der Waals surface area contributed by atoms with Gasteiger partial charge in [-0.25, -0.2) is 0 Å². The largest absolute Gasteiger partial charge is 0.487 e. The number of anilines is 1. The van der Waals surface area contributed by atoms with E-state index in [1.54, 1.807) is 6.20 Å². The quantitative estimate of drug-likeness (QED) is 0.869. The van der Waals surface area contributed by atoms with Crippen molar-refractivity contribution in [3.63, 3.8) is 0 Å². The minimum absolute atomic E-state index is 0.198. The zero-order valence-electron chi connectivity index (χ0n) is 14.5. The fourth-order valence-corrected chi connectivity index (χ4v) is 3.22. The van der Waals surface area contributed by atoms with Gasteiger partial charge < -0.3 is 14.7 Å². The molecule has 0 aliphatic carbocycles. The van der Waals surface area contributed by atoms with Crippen LogP contribution in [0.2, 0.25) is 0 Å². The number of carbonyl (C=O) groups is 1. The van der Waals surface area contributed by atoms with Gasteiger partial charge in [0.15, 0.2) is 0 Å². The van der Waals surface area contributed by atoms with Crippen molar-refractivity contribution in [3.05, 3.63) is 53.9 Å². The van der Waals surface area contributed by atoms with E-state index in [9.17, 15) is 4.79 Å². The summed E-state index contributed by atoms with van der Waals surface area (Å²) in [6.07, 6.45) is 5.75. The Morgan fingerprint density at radius 1 is 1.32 bits per heavy atom.